The molecular formula is C16H11F2N5O. The number of benzene rings is 1. The summed E-state index contributed by atoms with van der Waals surface area (Å²) in [4.78, 5) is 4.31. The fourth-order valence-corrected chi connectivity index (χ4v) is 2.49. The number of fused-ring (bicyclic) bond motifs is 1. The second kappa shape index (κ2) is 5.80. The Hall–Kier alpha value is -3.16. The van der Waals surface area contributed by atoms with Gasteiger partial charge in [-0.3, -0.25) is 4.98 Å². The Morgan fingerprint density at radius 3 is 2.88 bits per heavy atom. The highest BCUT2D eigenvalue weighted by atomic mass is 19.3. The van der Waals surface area contributed by atoms with Crippen molar-refractivity contribution in [1.29, 1.82) is 0 Å². The van der Waals surface area contributed by atoms with Crippen molar-refractivity contribution in [3.63, 3.8) is 0 Å². The second-order valence-electron chi connectivity index (χ2n) is 5.20. The van der Waals surface area contributed by atoms with Crippen molar-refractivity contribution in [3.8, 4) is 11.3 Å². The number of nitrogens with zero attached hydrogens (tertiary/aromatic N) is 5. The fourth-order valence-electron chi connectivity index (χ4n) is 2.49. The van der Waals surface area contributed by atoms with E-state index in [4.69, 9.17) is 0 Å². The Morgan fingerprint density at radius 1 is 1.17 bits per heavy atom. The van der Waals surface area contributed by atoms with Crippen molar-refractivity contribution in [2.45, 2.75) is 13.0 Å². The minimum atomic E-state index is -2.68. The van der Waals surface area contributed by atoms with E-state index in [1.165, 1.54) is 10.7 Å². The zero-order valence-electron chi connectivity index (χ0n) is 12.3. The van der Waals surface area contributed by atoms with Crippen LogP contribution in [0.3, 0.4) is 0 Å². The number of pyridine rings is 1. The average Bonchev–Trinajstić information content (AvgIpc) is 3.24. The number of hydrogen-bond donors (Lipinski definition) is 0. The predicted molar refractivity (Wildman–Crippen MR) is 81.3 cm³/mol. The average molecular weight is 327 g/mol. The predicted octanol–water partition coefficient (Wildman–Crippen LogP) is 3.47. The van der Waals surface area contributed by atoms with Gasteiger partial charge in [0, 0.05) is 23.2 Å². The molecule has 0 amide bonds. The van der Waals surface area contributed by atoms with Crippen molar-refractivity contribution in [2.75, 3.05) is 0 Å². The zero-order valence-corrected chi connectivity index (χ0v) is 12.3. The van der Waals surface area contributed by atoms with Crippen molar-refractivity contribution < 1.29 is 13.3 Å². The lowest BCUT2D eigenvalue weighted by molar-refractivity contribution is 0.112. The lowest BCUT2D eigenvalue weighted by atomic mass is 10.1. The van der Waals surface area contributed by atoms with E-state index in [1.807, 2.05) is 30.3 Å². The summed E-state index contributed by atoms with van der Waals surface area (Å²) in [7, 11) is 0. The maximum atomic E-state index is 12.5. The summed E-state index contributed by atoms with van der Waals surface area (Å²) in [6.45, 7) is 0.201. The first-order valence-electron chi connectivity index (χ1n) is 7.18. The monoisotopic (exact) mass is 327 g/mol. The minimum Gasteiger partial charge on any atom is -0.355 e. The Labute approximate surface area is 134 Å². The molecule has 4 aromatic rings. The number of rotatable bonds is 4. The molecule has 0 unspecified atom stereocenters. The first-order valence-corrected chi connectivity index (χ1v) is 7.18. The van der Waals surface area contributed by atoms with E-state index in [1.54, 1.807) is 12.4 Å². The summed E-state index contributed by atoms with van der Waals surface area (Å²) in [5.41, 5.74) is 2.80. The maximum Gasteiger partial charge on any atom is 0.298 e. The molecule has 0 aliphatic carbocycles. The SMILES string of the molecule is FC(F)c1cc(Cn2cc(-c3ccnc4ccccc34)nn2)no1. The third kappa shape index (κ3) is 2.62. The molecule has 3 aromatic heterocycles. The van der Waals surface area contributed by atoms with Crippen molar-refractivity contribution in [1.82, 2.24) is 25.1 Å². The smallest absolute Gasteiger partial charge is 0.298 e. The van der Waals surface area contributed by atoms with Crippen LogP contribution in [0.1, 0.15) is 17.9 Å². The molecule has 0 fully saturated rings. The molecular weight excluding hydrogens is 316 g/mol. The van der Waals surface area contributed by atoms with Crippen LogP contribution in [-0.2, 0) is 6.54 Å². The van der Waals surface area contributed by atoms with Crippen molar-refractivity contribution >= 4 is 10.9 Å². The Morgan fingerprint density at radius 2 is 2.04 bits per heavy atom. The topological polar surface area (TPSA) is 69.6 Å². The molecule has 6 nitrogen and oxygen atoms in total. The number of aromatic nitrogens is 5. The molecule has 0 saturated carbocycles. The molecule has 1 aromatic carbocycles. The molecule has 4 rings (SSSR count). The van der Waals surface area contributed by atoms with Crippen LogP contribution in [0.2, 0.25) is 0 Å². The number of alkyl halides is 2. The van der Waals surface area contributed by atoms with Gasteiger partial charge in [-0.1, -0.05) is 28.6 Å². The van der Waals surface area contributed by atoms with Crippen LogP contribution in [0.15, 0.2) is 53.3 Å². The van der Waals surface area contributed by atoms with E-state index >= 15 is 0 Å². The lowest BCUT2D eigenvalue weighted by Crippen LogP contribution is -2.00. The van der Waals surface area contributed by atoms with Gasteiger partial charge in [-0.25, -0.2) is 13.5 Å². The van der Waals surface area contributed by atoms with Gasteiger partial charge in [-0.05, 0) is 12.1 Å². The fraction of sp³-hybridized carbons (Fsp3) is 0.125. The number of para-hydroxylation sites is 1. The summed E-state index contributed by atoms with van der Waals surface area (Å²) < 4.78 is 31.1. The summed E-state index contributed by atoms with van der Waals surface area (Å²) in [6.07, 6.45) is 0.766. The Kier molecular flexibility index (Phi) is 3.49. The number of halogens is 2. The summed E-state index contributed by atoms with van der Waals surface area (Å²) in [6, 6.07) is 10.8. The summed E-state index contributed by atoms with van der Waals surface area (Å²) in [5, 5.41) is 12.8. The molecule has 3 heterocycles. The molecule has 0 N–H and O–H groups in total. The summed E-state index contributed by atoms with van der Waals surface area (Å²) >= 11 is 0. The highest BCUT2D eigenvalue weighted by Crippen LogP contribution is 2.25. The molecule has 0 spiro atoms. The quantitative estimate of drug-likeness (QED) is 0.574. The van der Waals surface area contributed by atoms with Crippen molar-refractivity contribution in [3.05, 3.63) is 60.2 Å². The molecule has 0 saturated heterocycles. The molecule has 0 radical (unpaired) electrons. The van der Waals surface area contributed by atoms with E-state index in [-0.39, 0.29) is 6.54 Å². The number of hydrogen-bond acceptors (Lipinski definition) is 5. The van der Waals surface area contributed by atoms with Crippen LogP contribution in [-0.4, -0.2) is 25.1 Å². The molecule has 0 bridgehead atoms. The van der Waals surface area contributed by atoms with E-state index in [2.05, 4.69) is 25.0 Å². The van der Waals surface area contributed by atoms with E-state index in [0.717, 1.165) is 16.5 Å². The van der Waals surface area contributed by atoms with Gasteiger partial charge < -0.3 is 4.52 Å². The molecule has 8 heteroatoms. The Bertz CT molecular complexity index is 989. The van der Waals surface area contributed by atoms with Gasteiger partial charge in [0.1, 0.15) is 11.4 Å². The van der Waals surface area contributed by atoms with Gasteiger partial charge in [-0.15, -0.1) is 5.10 Å². The zero-order chi connectivity index (χ0) is 16.5. The van der Waals surface area contributed by atoms with Crippen LogP contribution >= 0.6 is 0 Å². The van der Waals surface area contributed by atoms with Gasteiger partial charge >= 0.3 is 0 Å². The van der Waals surface area contributed by atoms with Crippen LogP contribution < -0.4 is 0 Å². The van der Waals surface area contributed by atoms with E-state index in [9.17, 15) is 8.78 Å². The second-order valence-corrected chi connectivity index (χ2v) is 5.20. The van der Waals surface area contributed by atoms with Crippen LogP contribution in [0, 0.1) is 0 Å². The van der Waals surface area contributed by atoms with Crippen molar-refractivity contribution in [2.24, 2.45) is 0 Å². The Balaban J connectivity index is 1.64. The largest absolute Gasteiger partial charge is 0.355 e. The van der Waals surface area contributed by atoms with Crippen LogP contribution in [0.25, 0.3) is 22.2 Å². The van der Waals surface area contributed by atoms with Gasteiger partial charge in [0.15, 0.2) is 0 Å². The lowest BCUT2D eigenvalue weighted by Gasteiger charge is -2.01. The first kappa shape index (κ1) is 14.4. The molecule has 0 atom stereocenters. The molecule has 24 heavy (non-hydrogen) atoms. The van der Waals surface area contributed by atoms with E-state index in [0.29, 0.717) is 11.4 Å². The highest BCUT2D eigenvalue weighted by molar-refractivity contribution is 5.92. The molecule has 0 aliphatic rings. The molecule has 120 valence electrons. The van der Waals surface area contributed by atoms with Gasteiger partial charge in [-0.2, -0.15) is 0 Å². The third-order valence-corrected chi connectivity index (χ3v) is 3.58. The standard InChI is InChI=1S/C16H11F2N5O/c17-16(18)15-7-10(21-24-15)8-23-9-14(20-22-23)12-5-6-19-13-4-2-1-3-11(12)13/h1-7,9,16H,8H2. The first-order chi connectivity index (χ1) is 11.7. The normalized spacial score (nSPS) is 11.5. The van der Waals surface area contributed by atoms with Crippen LogP contribution in [0.5, 0.6) is 0 Å². The molecule has 0 aliphatic heterocycles. The van der Waals surface area contributed by atoms with Crippen LogP contribution in [0.4, 0.5) is 8.78 Å². The van der Waals surface area contributed by atoms with E-state index < -0.39 is 12.2 Å². The van der Waals surface area contributed by atoms with Gasteiger partial charge in [0.25, 0.3) is 6.43 Å². The highest BCUT2D eigenvalue weighted by Gasteiger charge is 2.15. The van der Waals surface area contributed by atoms with Gasteiger partial charge in [0.2, 0.25) is 5.76 Å². The maximum absolute atomic E-state index is 12.5. The third-order valence-electron chi connectivity index (χ3n) is 3.58. The van der Waals surface area contributed by atoms with Gasteiger partial charge in [0.05, 0.1) is 18.3 Å². The summed E-state index contributed by atoms with van der Waals surface area (Å²) in [5.74, 6) is -0.453. The minimum absolute atomic E-state index is 0.201.